The number of nitrogens with one attached hydrogen (secondary N) is 4. The Hall–Kier alpha value is -4.99. The van der Waals surface area contributed by atoms with Crippen molar-refractivity contribution in [2.45, 2.75) is 52.4 Å². The molecule has 3 amide bonds. The fourth-order valence-electron chi connectivity index (χ4n) is 4.79. The monoisotopic (exact) mass is 611 g/mol. The van der Waals surface area contributed by atoms with Gasteiger partial charge in [0.2, 0.25) is 0 Å². The minimum atomic E-state index is -0.671. The van der Waals surface area contributed by atoms with Crippen molar-refractivity contribution >= 4 is 35.5 Å². The maximum absolute atomic E-state index is 13.7. The third-order valence-corrected chi connectivity index (χ3v) is 7.58. The van der Waals surface area contributed by atoms with Crippen LogP contribution in [0.25, 0.3) is 17.2 Å². The van der Waals surface area contributed by atoms with Crippen molar-refractivity contribution in [3.05, 3.63) is 83.2 Å². The van der Waals surface area contributed by atoms with Crippen LogP contribution in [-0.2, 0) is 4.74 Å². The van der Waals surface area contributed by atoms with Crippen LogP contribution in [0, 0.1) is 18.3 Å². The Morgan fingerprint density at radius 1 is 1.02 bits per heavy atom. The number of aryl methyl sites for hydroxylation is 1. The number of ether oxygens (including phenoxy) is 2. The maximum atomic E-state index is 13.7. The molecule has 4 N–H and O–H groups in total. The number of carbonyl (C=O) groups is 3. The minimum absolute atomic E-state index is 0.104. The lowest BCUT2D eigenvalue weighted by Crippen LogP contribution is -2.31. The molecule has 0 spiro atoms. The minimum Gasteiger partial charge on any atom is -0.496 e. The van der Waals surface area contributed by atoms with Gasteiger partial charge in [0.05, 0.1) is 13.7 Å². The summed E-state index contributed by atoms with van der Waals surface area (Å²) in [6.45, 7) is 8.72. The summed E-state index contributed by atoms with van der Waals surface area (Å²) in [6, 6.07) is 13.5. The number of carbonyl (C=O) groups excluding carboxylic acids is 3. The lowest BCUT2D eigenvalue weighted by atomic mass is 9.94. The van der Waals surface area contributed by atoms with Crippen LogP contribution in [0.1, 0.15) is 83.1 Å². The van der Waals surface area contributed by atoms with Gasteiger partial charge in [0.15, 0.2) is 0 Å². The number of unbranched alkanes of at least 4 members (excludes halogenated alkanes) is 3. The van der Waals surface area contributed by atoms with E-state index in [1.807, 2.05) is 0 Å². The number of amidine groups is 1. The molecule has 0 bridgehead atoms. The van der Waals surface area contributed by atoms with Gasteiger partial charge in [0.25, 0.3) is 11.8 Å². The van der Waals surface area contributed by atoms with Gasteiger partial charge in [-0.05, 0) is 80.1 Å². The number of amides is 3. The highest BCUT2D eigenvalue weighted by molar-refractivity contribution is 6.10. The van der Waals surface area contributed by atoms with E-state index < -0.39 is 6.09 Å². The van der Waals surface area contributed by atoms with Crippen LogP contribution in [0.5, 0.6) is 5.75 Å². The van der Waals surface area contributed by atoms with E-state index in [1.165, 1.54) is 0 Å². The summed E-state index contributed by atoms with van der Waals surface area (Å²) < 4.78 is 10.7. The molecule has 10 heteroatoms. The topological polar surface area (TPSA) is 143 Å². The molecule has 0 unspecified atom stereocenters. The molecule has 0 atom stereocenters. The number of nitrogens with zero attached hydrogens (tertiary/aromatic N) is 1. The number of benzene rings is 2. The smallest absolute Gasteiger partial charge is 0.412 e. The van der Waals surface area contributed by atoms with Crippen molar-refractivity contribution in [2.75, 3.05) is 25.6 Å². The zero-order chi connectivity index (χ0) is 32.3. The van der Waals surface area contributed by atoms with Gasteiger partial charge in [-0.25, -0.2) is 9.78 Å². The second-order valence-corrected chi connectivity index (χ2v) is 11.1. The molecular formula is C35H41N5O5. The molecular weight excluding hydrogens is 570 g/mol. The fraction of sp³-hybridized carbons (Fsp3) is 0.343. The normalized spacial score (nSPS) is 12.2. The van der Waals surface area contributed by atoms with E-state index in [2.05, 4.69) is 34.4 Å². The quantitative estimate of drug-likeness (QED) is 0.0904. The van der Waals surface area contributed by atoms with E-state index in [4.69, 9.17) is 14.9 Å². The average Bonchev–Trinajstić information content (AvgIpc) is 3.88. The zero-order valence-electron chi connectivity index (χ0n) is 26.1. The van der Waals surface area contributed by atoms with Gasteiger partial charge >= 0.3 is 6.09 Å². The van der Waals surface area contributed by atoms with Gasteiger partial charge in [-0.15, -0.1) is 0 Å². The molecule has 45 heavy (non-hydrogen) atoms. The Labute approximate surface area is 264 Å². The van der Waals surface area contributed by atoms with Crippen molar-refractivity contribution in [3.63, 3.8) is 0 Å². The van der Waals surface area contributed by atoms with Crippen LogP contribution in [0.3, 0.4) is 0 Å². The van der Waals surface area contributed by atoms with Crippen LogP contribution in [0.2, 0.25) is 0 Å². The summed E-state index contributed by atoms with van der Waals surface area (Å²) in [5, 5.41) is 16.5. The molecule has 10 nitrogen and oxygen atoms in total. The van der Waals surface area contributed by atoms with Crippen molar-refractivity contribution in [3.8, 4) is 16.9 Å². The van der Waals surface area contributed by atoms with Crippen LogP contribution in [0.15, 0.2) is 55.1 Å². The number of hydrogen-bond acceptors (Lipinski definition) is 7. The number of anilines is 1. The second-order valence-electron chi connectivity index (χ2n) is 11.1. The highest BCUT2D eigenvalue weighted by atomic mass is 16.5. The molecule has 3 aromatic rings. The van der Waals surface area contributed by atoms with Crippen LogP contribution in [0.4, 0.5) is 10.5 Å². The maximum Gasteiger partial charge on any atom is 0.412 e. The Balaban J connectivity index is 1.49. The molecule has 0 saturated heterocycles. The number of aromatic nitrogens is 1. The largest absolute Gasteiger partial charge is 0.496 e. The Morgan fingerprint density at radius 2 is 1.78 bits per heavy atom. The molecule has 1 aliphatic rings. The van der Waals surface area contributed by atoms with Crippen LogP contribution in [-0.4, -0.2) is 49.0 Å². The standard InChI is InChI=1S/C35H41N5O5/c1-5-7-8-9-18-45-35(43)40-32(36)25-12-14-26(15-13-25)39-33(41)29-19-24(6-2)31(44-4)20-28(29)27-16-17-30(38-22(27)3)34(42)37-21-23-10-11-23/h6,12-17,19-20,23H,2,5,7-11,18,21H2,1,3-4H3,(H,37,42)(H,39,41)(H2,36,40,43). The summed E-state index contributed by atoms with van der Waals surface area (Å²) in [6.07, 6.45) is 7.17. The number of pyridine rings is 1. The van der Waals surface area contributed by atoms with E-state index in [-0.39, 0.29) is 17.6 Å². The zero-order valence-corrected chi connectivity index (χ0v) is 26.1. The molecule has 4 rings (SSSR count). The molecule has 1 heterocycles. The second kappa shape index (κ2) is 15.7. The van der Waals surface area contributed by atoms with Gasteiger partial charge in [-0.3, -0.25) is 20.3 Å². The van der Waals surface area contributed by atoms with Crippen LogP contribution < -0.4 is 20.7 Å². The first kappa shape index (κ1) is 32.9. The SMILES string of the molecule is C=Cc1cc(C(=O)Nc2ccc(C(=N)NC(=O)OCCCCCC)cc2)c(-c2ccc(C(=O)NCC3CC3)nc2C)cc1OC. The first-order valence-electron chi connectivity index (χ1n) is 15.3. The van der Waals surface area contributed by atoms with Crippen molar-refractivity contribution in [2.24, 2.45) is 5.92 Å². The molecule has 1 fully saturated rings. The average molecular weight is 612 g/mol. The van der Waals surface area contributed by atoms with E-state index in [0.29, 0.717) is 69.7 Å². The van der Waals surface area contributed by atoms with Gasteiger partial charge in [-0.2, -0.15) is 0 Å². The predicted molar refractivity (Wildman–Crippen MR) is 176 cm³/mol. The summed E-state index contributed by atoms with van der Waals surface area (Å²) in [5.41, 5.74) is 4.12. The van der Waals surface area contributed by atoms with Gasteiger partial charge in [0, 0.05) is 40.2 Å². The third kappa shape index (κ3) is 9.01. The Morgan fingerprint density at radius 3 is 2.42 bits per heavy atom. The first-order valence-corrected chi connectivity index (χ1v) is 15.3. The molecule has 1 saturated carbocycles. The molecule has 2 aromatic carbocycles. The first-order chi connectivity index (χ1) is 21.7. The van der Waals surface area contributed by atoms with Crippen LogP contribution >= 0.6 is 0 Å². The lowest BCUT2D eigenvalue weighted by Gasteiger charge is -2.16. The molecule has 0 aliphatic heterocycles. The van der Waals surface area contributed by atoms with Gasteiger partial charge < -0.3 is 20.1 Å². The van der Waals surface area contributed by atoms with Gasteiger partial charge in [0.1, 0.15) is 17.3 Å². The Bertz CT molecular complexity index is 1560. The highest BCUT2D eigenvalue weighted by Crippen LogP contribution is 2.34. The molecule has 236 valence electrons. The summed E-state index contributed by atoms with van der Waals surface area (Å²) in [5.74, 6) is 0.387. The van der Waals surface area contributed by atoms with Gasteiger partial charge in [-0.1, -0.05) is 44.9 Å². The van der Waals surface area contributed by atoms with E-state index in [1.54, 1.807) is 68.6 Å². The van der Waals surface area contributed by atoms with Crippen molar-refractivity contribution in [1.82, 2.24) is 15.6 Å². The number of hydrogen-bond donors (Lipinski definition) is 4. The van der Waals surface area contributed by atoms with Crippen molar-refractivity contribution < 1.29 is 23.9 Å². The van der Waals surface area contributed by atoms with E-state index in [9.17, 15) is 14.4 Å². The summed E-state index contributed by atoms with van der Waals surface area (Å²) in [4.78, 5) is 42.9. The van der Waals surface area contributed by atoms with Crippen molar-refractivity contribution in [1.29, 1.82) is 5.41 Å². The van der Waals surface area contributed by atoms with E-state index >= 15 is 0 Å². The lowest BCUT2D eigenvalue weighted by molar-refractivity contribution is 0.0945. The van der Waals surface area contributed by atoms with E-state index in [0.717, 1.165) is 38.5 Å². The molecule has 0 radical (unpaired) electrons. The fourth-order valence-corrected chi connectivity index (χ4v) is 4.79. The Kier molecular flexibility index (Phi) is 11.4. The molecule has 1 aliphatic carbocycles. The summed E-state index contributed by atoms with van der Waals surface area (Å²) in [7, 11) is 1.55. The number of alkyl carbamates (subject to hydrolysis) is 1. The summed E-state index contributed by atoms with van der Waals surface area (Å²) >= 11 is 0. The predicted octanol–water partition coefficient (Wildman–Crippen LogP) is 6.73. The number of methoxy groups -OCH3 is 1. The third-order valence-electron chi connectivity index (χ3n) is 7.58. The molecule has 1 aromatic heterocycles. The number of rotatable bonds is 14. The highest BCUT2D eigenvalue weighted by Gasteiger charge is 2.23.